The van der Waals surface area contributed by atoms with Crippen molar-refractivity contribution in [3.63, 3.8) is 0 Å². The number of hydroxylamine groups is 2. The zero-order valence-corrected chi connectivity index (χ0v) is 25.9. The first-order valence-corrected chi connectivity index (χ1v) is 16.2. The molecule has 0 bridgehead atoms. The monoisotopic (exact) mass is 683 g/mol. The molecule has 3 heterocycles. The van der Waals surface area contributed by atoms with Crippen molar-refractivity contribution in [2.24, 2.45) is 0 Å². The van der Waals surface area contributed by atoms with Crippen LogP contribution in [0.4, 0.5) is 5.69 Å². The second kappa shape index (κ2) is 13.7. The quantitative estimate of drug-likeness (QED) is 0.180. The maximum atomic E-state index is 13.0. The van der Waals surface area contributed by atoms with Gasteiger partial charge in [0.2, 0.25) is 23.6 Å². The van der Waals surface area contributed by atoms with Gasteiger partial charge < -0.3 is 20.4 Å². The van der Waals surface area contributed by atoms with Crippen molar-refractivity contribution in [3.8, 4) is 0 Å². The van der Waals surface area contributed by atoms with Crippen molar-refractivity contribution in [2.75, 3.05) is 5.32 Å². The number of imide groups is 2. The fourth-order valence-electron chi connectivity index (χ4n) is 5.42. The maximum absolute atomic E-state index is 13.0. The number of nitrogens with zero attached hydrogens (tertiary/aromatic N) is 2. The number of piperidine rings is 1. The normalized spacial score (nSPS) is 19.2. The summed E-state index contributed by atoms with van der Waals surface area (Å²) in [5, 5.41) is 5.64. The molecule has 2 aromatic carbocycles. The molecule has 0 radical (unpaired) electrons. The van der Waals surface area contributed by atoms with E-state index in [1.54, 1.807) is 18.2 Å². The number of hydrogen-bond donors (Lipinski definition) is 4. The first-order valence-electron chi connectivity index (χ1n) is 14.7. The van der Waals surface area contributed by atoms with Crippen LogP contribution in [0.5, 0.6) is 0 Å². The molecular weight excluding hydrogens is 654 g/mol. The summed E-state index contributed by atoms with van der Waals surface area (Å²) in [5.74, 6) is -5.64. The van der Waals surface area contributed by atoms with Gasteiger partial charge in [-0.25, -0.2) is 4.79 Å². The summed E-state index contributed by atoms with van der Waals surface area (Å²) in [6.07, 6.45) is -0.288. The molecule has 3 aliphatic heterocycles. The Balaban J connectivity index is 1.05. The minimum atomic E-state index is -4.86. The van der Waals surface area contributed by atoms with Crippen LogP contribution in [0, 0.1) is 0 Å². The molecule has 18 heteroatoms. The maximum Gasteiger partial charge on any atom is 0.363 e. The van der Waals surface area contributed by atoms with Gasteiger partial charge in [0.25, 0.3) is 27.8 Å². The predicted molar refractivity (Wildman–Crippen MR) is 160 cm³/mol. The zero-order chi connectivity index (χ0) is 34.7. The van der Waals surface area contributed by atoms with Gasteiger partial charge in [-0.3, -0.25) is 43.4 Å². The van der Waals surface area contributed by atoms with Gasteiger partial charge in [-0.05, 0) is 42.7 Å². The predicted octanol–water partition coefficient (Wildman–Crippen LogP) is -0.0401. The smallest absolute Gasteiger partial charge is 0.352 e. The standard InChI is InChI=1S/C30H29N5O12S/c36-23(31-14-16-7-9-17(10-8-16)30(43)47-35-26(39)13-22(29(35)42)48(44,45)46)5-2-6-24(37)32-20-4-1-3-18-19(20)15-34(28(18)41)21-11-12-25(38)33-27(21)40/h1,3-4,7-10,21-22H,2,5-6,11-15H2,(H,31,36)(H,32,37)(H,33,38,40)(H,44,45,46). The molecular formula is C30H29N5O12S. The fraction of sp³-hybridized carbons (Fsp3) is 0.333. The molecule has 7 amide bonds. The van der Waals surface area contributed by atoms with E-state index in [0.29, 0.717) is 22.4 Å². The molecule has 0 aromatic heterocycles. The number of rotatable bonds is 11. The lowest BCUT2D eigenvalue weighted by molar-refractivity contribution is -0.172. The number of hydrogen-bond acceptors (Lipinski definition) is 11. The number of carbonyl (C=O) groups is 8. The zero-order valence-electron chi connectivity index (χ0n) is 25.1. The molecule has 0 saturated carbocycles. The van der Waals surface area contributed by atoms with Crippen LogP contribution in [0.3, 0.4) is 0 Å². The van der Waals surface area contributed by atoms with E-state index in [1.807, 2.05) is 0 Å². The van der Waals surface area contributed by atoms with Crippen molar-refractivity contribution in [1.29, 1.82) is 0 Å². The van der Waals surface area contributed by atoms with Crippen molar-refractivity contribution in [3.05, 3.63) is 64.7 Å². The number of anilines is 1. The third-order valence-electron chi connectivity index (χ3n) is 7.94. The van der Waals surface area contributed by atoms with E-state index in [0.717, 1.165) is 0 Å². The van der Waals surface area contributed by atoms with Gasteiger partial charge in [-0.15, -0.1) is 5.06 Å². The lowest BCUT2D eigenvalue weighted by Crippen LogP contribution is -2.52. The molecule has 3 aliphatic rings. The number of fused-ring (bicyclic) bond motifs is 1. The Morgan fingerprint density at radius 1 is 0.979 bits per heavy atom. The van der Waals surface area contributed by atoms with Gasteiger partial charge in [0.15, 0.2) is 5.25 Å². The van der Waals surface area contributed by atoms with Crippen molar-refractivity contribution in [1.82, 2.24) is 20.6 Å². The third-order valence-corrected chi connectivity index (χ3v) is 9.03. The molecule has 0 spiro atoms. The van der Waals surface area contributed by atoms with E-state index in [2.05, 4.69) is 16.0 Å². The van der Waals surface area contributed by atoms with E-state index < -0.39 is 57.4 Å². The molecule has 252 valence electrons. The van der Waals surface area contributed by atoms with E-state index in [9.17, 15) is 46.8 Å². The van der Waals surface area contributed by atoms with Crippen LogP contribution in [0.2, 0.25) is 0 Å². The molecule has 2 aromatic rings. The highest BCUT2D eigenvalue weighted by Gasteiger charge is 2.48. The highest BCUT2D eigenvalue weighted by molar-refractivity contribution is 7.87. The SMILES string of the molecule is O=C(CCCC(=O)Nc1cccc2c1CN(C1CCC(=O)NC1=O)C2=O)NCc1ccc(C(=O)ON2C(=O)CC(S(=O)(=O)O)C2=O)cc1. The molecule has 4 N–H and O–H groups in total. The van der Waals surface area contributed by atoms with Gasteiger partial charge in [0.05, 0.1) is 12.0 Å². The molecule has 2 atom stereocenters. The molecule has 2 fully saturated rings. The highest BCUT2D eigenvalue weighted by atomic mass is 32.2. The number of nitrogens with one attached hydrogen (secondary N) is 3. The summed E-state index contributed by atoms with van der Waals surface area (Å²) in [6.45, 7) is 0.171. The third kappa shape index (κ3) is 7.39. The molecule has 0 aliphatic carbocycles. The van der Waals surface area contributed by atoms with Crippen LogP contribution >= 0.6 is 0 Å². The molecule has 5 rings (SSSR count). The van der Waals surface area contributed by atoms with Crippen molar-refractivity contribution < 1.29 is 56.2 Å². The second-order valence-electron chi connectivity index (χ2n) is 11.2. The first-order chi connectivity index (χ1) is 22.7. The first kappa shape index (κ1) is 33.9. The van der Waals surface area contributed by atoms with Gasteiger partial charge >= 0.3 is 5.97 Å². The van der Waals surface area contributed by atoms with E-state index >= 15 is 0 Å². The van der Waals surface area contributed by atoms with E-state index in [1.165, 1.54) is 29.2 Å². The van der Waals surface area contributed by atoms with Gasteiger partial charge in [-0.2, -0.15) is 8.42 Å². The van der Waals surface area contributed by atoms with Crippen LogP contribution in [0.15, 0.2) is 42.5 Å². The van der Waals surface area contributed by atoms with Gasteiger partial charge in [-0.1, -0.05) is 18.2 Å². The highest BCUT2D eigenvalue weighted by Crippen LogP contribution is 2.32. The average Bonchev–Trinajstić information content (AvgIpc) is 3.52. The van der Waals surface area contributed by atoms with Crippen LogP contribution in [0.1, 0.15) is 70.4 Å². The van der Waals surface area contributed by atoms with Crippen LogP contribution in [0.25, 0.3) is 0 Å². The Labute approximate surface area is 272 Å². The Morgan fingerprint density at radius 3 is 2.35 bits per heavy atom. The van der Waals surface area contributed by atoms with E-state index in [-0.39, 0.29) is 73.5 Å². The van der Waals surface area contributed by atoms with Crippen LogP contribution in [-0.4, -0.2) is 81.5 Å². The van der Waals surface area contributed by atoms with Crippen LogP contribution < -0.4 is 16.0 Å². The minimum absolute atomic E-state index is 0.000163. The Morgan fingerprint density at radius 2 is 1.69 bits per heavy atom. The summed E-state index contributed by atoms with van der Waals surface area (Å²) >= 11 is 0. The number of amides is 7. The summed E-state index contributed by atoms with van der Waals surface area (Å²) in [6, 6.07) is 9.62. The largest absolute Gasteiger partial charge is 0.363 e. The molecule has 2 saturated heterocycles. The Bertz CT molecular complexity index is 1840. The summed E-state index contributed by atoms with van der Waals surface area (Å²) < 4.78 is 31.6. The summed E-state index contributed by atoms with van der Waals surface area (Å²) in [7, 11) is -4.86. The molecule has 2 unspecified atom stereocenters. The van der Waals surface area contributed by atoms with Crippen molar-refractivity contribution in [2.45, 2.75) is 62.9 Å². The van der Waals surface area contributed by atoms with Gasteiger partial charge in [0.1, 0.15) is 6.04 Å². The van der Waals surface area contributed by atoms with Gasteiger partial charge in [0, 0.05) is 49.2 Å². The van der Waals surface area contributed by atoms with E-state index in [4.69, 9.17) is 9.39 Å². The topological polar surface area (TPSA) is 243 Å². The second-order valence-corrected chi connectivity index (χ2v) is 12.8. The lowest BCUT2D eigenvalue weighted by Gasteiger charge is -2.29. The molecule has 17 nitrogen and oxygen atoms in total. The lowest BCUT2D eigenvalue weighted by atomic mass is 10.0. The summed E-state index contributed by atoms with van der Waals surface area (Å²) in [4.78, 5) is 104. The fourth-order valence-corrected chi connectivity index (χ4v) is 6.12. The Kier molecular flexibility index (Phi) is 9.67. The number of carbonyl (C=O) groups excluding carboxylic acids is 8. The Hall–Kier alpha value is -5.49. The van der Waals surface area contributed by atoms with Crippen molar-refractivity contribution >= 4 is 63.1 Å². The molecule has 48 heavy (non-hydrogen) atoms. The summed E-state index contributed by atoms with van der Waals surface area (Å²) in [5.41, 5.74) is 1.83. The average molecular weight is 684 g/mol. The van der Waals surface area contributed by atoms with Crippen LogP contribution in [-0.2, 0) is 56.8 Å². The minimum Gasteiger partial charge on any atom is -0.352 e. The number of benzene rings is 2.